The van der Waals surface area contributed by atoms with Crippen LogP contribution in [0.3, 0.4) is 0 Å². The third kappa shape index (κ3) is 4.32. The number of carboxylic acids is 1. The van der Waals surface area contributed by atoms with Gasteiger partial charge in [0.1, 0.15) is 5.82 Å². The van der Waals surface area contributed by atoms with E-state index in [2.05, 4.69) is 20.6 Å². The van der Waals surface area contributed by atoms with Gasteiger partial charge in [0, 0.05) is 6.20 Å². The Kier molecular flexibility index (Phi) is 4.93. The van der Waals surface area contributed by atoms with E-state index in [1.807, 2.05) is 0 Å². The fraction of sp³-hybridized carbons (Fsp3) is 0.0556. The van der Waals surface area contributed by atoms with E-state index in [0.29, 0.717) is 5.69 Å². The van der Waals surface area contributed by atoms with Crippen LogP contribution >= 0.6 is 0 Å². The van der Waals surface area contributed by atoms with E-state index in [0.717, 1.165) is 6.07 Å². The first-order valence-corrected chi connectivity index (χ1v) is 7.70. The summed E-state index contributed by atoms with van der Waals surface area (Å²) >= 11 is 0. The van der Waals surface area contributed by atoms with Crippen LogP contribution in [0, 0.1) is 0 Å². The number of carboxylic acid groups (broad SMARTS) is 1. The summed E-state index contributed by atoms with van der Waals surface area (Å²) in [6.45, 7) is 0. The van der Waals surface area contributed by atoms with Crippen LogP contribution in [0.25, 0.3) is 0 Å². The number of hydrogen-bond acceptors (Lipinski definition) is 5. The molecular formula is C18H13F3N4O2. The third-order valence-electron chi connectivity index (χ3n) is 3.55. The SMILES string of the molecule is O=C(O)c1ccccc1Nc1ccnc(Nc2ccccc2C(F)(F)F)n1. The largest absolute Gasteiger partial charge is 0.478 e. The van der Waals surface area contributed by atoms with Gasteiger partial charge in [0.05, 0.1) is 22.5 Å². The van der Waals surface area contributed by atoms with Crippen molar-refractivity contribution in [2.75, 3.05) is 10.6 Å². The Morgan fingerprint density at radius 1 is 0.926 bits per heavy atom. The summed E-state index contributed by atoms with van der Waals surface area (Å²) < 4.78 is 39.3. The van der Waals surface area contributed by atoms with Crippen molar-refractivity contribution < 1.29 is 23.1 Å². The molecule has 9 heteroatoms. The molecule has 0 saturated carbocycles. The van der Waals surface area contributed by atoms with E-state index in [4.69, 9.17) is 0 Å². The number of halogens is 3. The molecule has 1 heterocycles. The summed E-state index contributed by atoms with van der Waals surface area (Å²) in [5, 5.41) is 14.6. The molecule has 138 valence electrons. The molecule has 1 aromatic heterocycles. The normalized spacial score (nSPS) is 11.1. The highest BCUT2D eigenvalue weighted by atomic mass is 19.4. The average Bonchev–Trinajstić information content (AvgIpc) is 2.62. The van der Waals surface area contributed by atoms with Crippen LogP contribution in [0.5, 0.6) is 0 Å². The van der Waals surface area contributed by atoms with Crippen LogP contribution in [-0.2, 0) is 6.18 Å². The van der Waals surface area contributed by atoms with E-state index in [1.165, 1.54) is 36.5 Å². The molecule has 0 aliphatic heterocycles. The highest BCUT2D eigenvalue weighted by Crippen LogP contribution is 2.35. The van der Waals surface area contributed by atoms with Gasteiger partial charge in [-0.2, -0.15) is 18.2 Å². The van der Waals surface area contributed by atoms with Gasteiger partial charge in [-0.3, -0.25) is 0 Å². The Morgan fingerprint density at radius 3 is 2.30 bits per heavy atom. The highest BCUT2D eigenvalue weighted by molar-refractivity contribution is 5.95. The number of para-hydroxylation sites is 2. The number of benzene rings is 2. The molecule has 0 radical (unpaired) electrons. The molecule has 0 fully saturated rings. The molecule has 0 aliphatic rings. The topological polar surface area (TPSA) is 87.1 Å². The van der Waals surface area contributed by atoms with Crippen LogP contribution in [-0.4, -0.2) is 21.0 Å². The van der Waals surface area contributed by atoms with Crippen LogP contribution in [0.2, 0.25) is 0 Å². The van der Waals surface area contributed by atoms with Gasteiger partial charge in [-0.25, -0.2) is 9.78 Å². The second-order valence-electron chi connectivity index (χ2n) is 5.41. The molecule has 0 unspecified atom stereocenters. The molecule has 0 aliphatic carbocycles. The molecule has 0 bridgehead atoms. The molecular weight excluding hydrogens is 361 g/mol. The van der Waals surface area contributed by atoms with Crippen molar-refractivity contribution in [2.24, 2.45) is 0 Å². The lowest BCUT2D eigenvalue weighted by Gasteiger charge is -2.14. The number of aromatic nitrogens is 2. The van der Waals surface area contributed by atoms with E-state index >= 15 is 0 Å². The summed E-state index contributed by atoms with van der Waals surface area (Å²) in [5.74, 6) is -0.959. The molecule has 0 amide bonds. The highest BCUT2D eigenvalue weighted by Gasteiger charge is 2.33. The molecule has 0 spiro atoms. The van der Waals surface area contributed by atoms with Gasteiger partial charge in [-0.15, -0.1) is 0 Å². The van der Waals surface area contributed by atoms with Gasteiger partial charge in [0.25, 0.3) is 0 Å². The zero-order chi connectivity index (χ0) is 19.4. The first kappa shape index (κ1) is 18.2. The lowest BCUT2D eigenvalue weighted by atomic mass is 10.1. The number of nitrogens with zero attached hydrogens (tertiary/aromatic N) is 2. The van der Waals surface area contributed by atoms with E-state index in [1.54, 1.807) is 18.2 Å². The predicted octanol–water partition coefficient (Wildman–Crippen LogP) is 4.68. The van der Waals surface area contributed by atoms with Crippen molar-refractivity contribution >= 4 is 29.1 Å². The molecule has 3 aromatic rings. The second-order valence-corrected chi connectivity index (χ2v) is 5.41. The summed E-state index contributed by atoms with van der Waals surface area (Å²) in [7, 11) is 0. The van der Waals surface area contributed by atoms with E-state index in [9.17, 15) is 23.1 Å². The molecule has 2 aromatic carbocycles. The van der Waals surface area contributed by atoms with Gasteiger partial charge < -0.3 is 15.7 Å². The summed E-state index contributed by atoms with van der Waals surface area (Å²) in [4.78, 5) is 19.3. The standard InChI is InChI=1S/C18H13F3N4O2/c19-18(20,21)12-6-2-4-8-14(12)24-17-22-10-9-15(25-17)23-13-7-3-1-5-11(13)16(26)27/h1-10H,(H,26,27)(H2,22,23,24,25). The Hall–Kier alpha value is -3.62. The maximum Gasteiger partial charge on any atom is 0.418 e. The van der Waals surface area contributed by atoms with Crippen molar-refractivity contribution in [2.45, 2.75) is 6.18 Å². The van der Waals surface area contributed by atoms with E-state index in [-0.39, 0.29) is 23.0 Å². The van der Waals surface area contributed by atoms with Crippen molar-refractivity contribution in [1.29, 1.82) is 0 Å². The number of rotatable bonds is 5. The summed E-state index contributed by atoms with van der Waals surface area (Å²) in [6.07, 6.45) is -3.18. The van der Waals surface area contributed by atoms with Gasteiger partial charge in [-0.1, -0.05) is 24.3 Å². The van der Waals surface area contributed by atoms with Gasteiger partial charge >= 0.3 is 12.1 Å². The second kappa shape index (κ2) is 7.32. The minimum atomic E-state index is -4.53. The third-order valence-corrected chi connectivity index (χ3v) is 3.55. The number of carbonyl (C=O) groups is 1. The number of nitrogens with one attached hydrogen (secondary N) is 2. The van der Waals surface area contributed by atoms with Gasteiger partial charge in [0.15, 0.2) is 0 Å². The maximum absolute atomic E-state index is 13.1. The average molecular weight is 374 g/mol. The maximum atomic E-state index is 13.1. The zero-order valence-corrected chi connectivity index (χ0v) is 13.7. The molecule has 0 saturated heterocycles. The number of hydrogen-bond donors (Lipinski definition) is 3. The van der Waals surface area contributed by atoms with Crippen molar-refractivity contribution in [3.05, 3.63) is 71.9 Å². The van der Waals surface area contributed by atoms with E-state index < -0.39 is 17.7 Å². The summed E-state index contributed by atoms with van der Waals surface area (Å²) in [6, 6.07) is 12.6. The van der Waals surface area contributed by atoms with Crippen molar-refractivity contribution in [3.8, 4) is 0 Å². The molecule has 3 rings (SSSR count). The Bertz CT molecular complexity index is 977. The number of alkyl halides is 3. The molecule has 3 N–H and O–H groups in total. The smallest absolute Gasteiger partial charge is 0.418 e. The van der Waals surface area contributed by atoms with Crippen LogP contribution in [0.4, 0.5) is 36.3 Å². The Labute approximate surface area is 151 Å². The lowest BCUT2D eigenvalue weighted by molar-refractivity contribution is -0.136. The van der Waals surface area contributed by atoms with Crippen molar-refractivity contribution in [1.82, 2.24) is 9.97 Å². The first-order valence-electron chi connectivity index (χ1n) is 7.70. The lowest BCUT2D eigenvalue weighted by Crippen LogP contribution is -2.10. The minimum Gasteiger partial charge on any atom is -0.478 e. The van der Waals surface area contributed by atoms with Crippen LogP contribution in [0.15, 0.2) is 60.8 Å². The molecule has 0 atom stereocenters. The Morgan fingerprint density at radius 2 is 1.59 bits per heavy atom. The van der Waals surface area contributed by atoms with Crippen molar-refractivity contribution in [3.63, 3.8) is 0 Å². The van der Waals surface area contributed by atoms with Crippen LogP contribution in [0.1, 0.15) is 15.9 Å². The summed E-state index contributed by atoms with van der Waals surface area (Å²) in [5.41, 5.74) is -0.699. The van der Waals surface area contributed by atoms with Gasteiger partial charge in [0.2, 0.25) is 5.95 Å². The molecule has 6 nitrogen and oxygen atoms in total. The fourth-order valence-electron chi connectivity index (χ4n) is 2.36. The zero-order valence-electron chi connectivity index (χ0n) is 13.7. The molecule has 27 heavy (non-hydrogen) atoms. The number of anilines is 4. The minimum absolute atomic E-state index is 0.0352. The monoisotopic (exact) mass is 374 g/mol. The first-order chi connectivity index (χ1) is 12.8. The van der Waals surface area contributed by atoms with Crippen LogP contribution < -0.4 is 10.6 Å². The van der Waals surface area contributed by atoms with Gasteiger partial charge in [-0.05, 0) is 30.3 Å². The predicted molar refractivity (Wildman–Crippen MR) is 93.4 cm³/mol. The number of aromatic carboxylic acids is 1. The fourth-order valence-corrected chi connectivity index (χ4v) is 2.36. The Balaban J connectivity index is 1.87. The quantitative estimate of drug-likeness (QED) is 0.601.